The van der Waals surface area contributed by atoms with Gasteiger partial charge in [-0.25, -0.2) is 9.97 Å². The van der Waals surface area contributed by atoms with E-state index in [9.17, 15) is 0 Å². The van der Waals surface area contributed by atoms with E-state index in [1.807, 2.05) is 44.4 Å². The molecule has 4 atom stereocenters. The van der Waals surface area contributed by atoms with Crippen molar-refractivity contribution in [3.05, 3.63) is 42.2 Å². The van der Waals surface area contributed by atoms with Crippen LogP contribution in [0, 0.1) is 0 Å². The Morgan fingerprint density at radius 3 is 2.34 bits per heavy atom. The Labute approximate surface area is 195 Å². The van der Waals surface area contributed by atoms with Crippen molar-refractivity contribution in [3.63, 3.8) is 0 Å². The lowest BCUT2D eigenvalue weighted by molar-refractivity contribution is 0.0689. The van der Waals surface area contributed by atoms with Crippen LogP contribution in [0.2, 0.25) is 0 Å². The van der Waals surface area contributed by atoms with Gasteiger partial charge in [-0.1, -0.05) is 20.8 Å². The number of ether oxygens (including phenoxy) is 2. The van der Waals surface area contributed by atoms with Crippen LogP contribution in [0.5, 0.6) is 0 Å². The molecule has 2 aliphatic heterocycles. The monoisotopic (exact) mass is 456 g/mol. The van der Waals surface area contributed by atoms with Crippen molar-refractivity contribution in [1.29, 1.82) is 0 Å². The number of hydrogen-bond donors (Lipinski definition) is 3. The van der Waals surface area contributed by atoms with E-state index < -0.39 is 0 Å². The van der Waals surface area contributed by atoms with Crippen molar-refractivity contribution >= 4 is 34.7 Å². The number of anilines is 3. The van der Waals surface area contributed by atoms with Gasteiger partial charge in [0.2, 0.25) is 5.95 Å². The highest BCUT2D eigenvalue weighted by molar-refractivity contribution is 7.80. The summed E-state index contributed by atoms with van der Waals surface area (Å²) in [6, 6.07) is 10.0. The van der Waals surface area contributed by atoms with Crippen LogP contribution < -0.4 is 20.9 Å². The van der Waals surface area contributed by atoms with Crippen molar-refractivity contribution in [2.75, 3.05) is 42.8 Å². The molecule has 3 heterocycles. The van der Waals surface area contributed by atoms with Gasteiger partial charge in [0.15, 0.2) is 5.11 Å². The third kappa shape index (κ3) is 5.11. The molecule has 0 saturated carbocycles. The van der Waals surface area contributed by atoms with Gasteiger partial charge in [-0.2, -0.15) is 0 Å². The minimum absolute atomic E-state index is 0.0119. The standard InChI is InChI=1S/C23H32N6O2S/c1-23(2,3)18-10-11-24-21(28-18)26-16-12-30-20-17(13-31-19(16)20)27-22(32)25-14-6-8-15(9-7-14)29(4)5/h6-11,16-17,19-20H,12-13H2,1-5H3,(H,24,26,28)(H2,25,27,32)/t16-,17-,19+,20+/m0/s1. The molecular formula is C23H32N6O2S. The molecule has 0 radical (unpaired) electrons. The summed E-state index contributed by atoms with van der Waals surface area (Å²) in [5, 5.41) is 10.5. The average molecular weight is 457 g/mol. The molecule has 172 valence electrons. The zero-order valence-electron chi connectivity index (χ0n) is 19.3. The van der Waals surface area contributed by atoms with E-state index in [1.54, 1.807) is 6.20 Å². The topological polar surface area (TPSA) is 83.6 Å². The van der Waals surface area contributed by atoms with Gasteiger partial charge in [0.25, 0.3) is 0 Å². The number of nitrogens with one attached hydrogen (secondary N) is 3. The van der Waals surface area contributed by atoms with Crippen molar-refractivity contribution in [3.8, 4) is 0 Å². The Bertz CT molecular complexity index is 946. The molecular weight excluding hydrogens is 424 g/mol. The minimum Gasteiger partial charge on any atom is -0.378 e. The SMILES string of the molecule is CN(C)c1ccc(NC(=S)N[C@H]2CO[C@H]3[C@@H]2OC[C@@H]3Nc2nccc(C(C)(C)C)n2)cc1. The highest BCUT2D eigenvalue weighted by Crippen LogP contribution is 2.29. The number of hydrogen-bond acceptors (Lipinski definition) is 7. The molecule has 0 unspecified atom stereocenters. The molecule has 3 N–H and O–H groups in total. The van der Waals surface area contributed by atoms with Gasteiger partial charge in [0, 0.05) is 37.1 Å². The second kappa shape index (κ2) is 9.17. The summed E-state index contributed by atoms with van der Waals surface area (Å²) in [6.45, 7) is 7.47. The highest BCUT2D eigenvalue weighted by atomic mass is 32.1. The number of benzene rings is 1. The van der Waals surface area contributed by atoms with Crippen LogP contribution >= 0.6 is 12.2 Å². The average Bonchev–Trinajstić information content (AvgIpc) is 3.31. The Morgan fingerprint density at radius 1 is 1.03 bits per heavy atom. The van der Waals surface area contributed by atoms with Crippen LogP contribution in [-0.2, 0) is 14.9 Å². The normalized spacial score (nSPS) is 24.7. The molecule has 2 saturated heterocycles. The Kier molecular flexibility index (Phi) is 6.50. The lowest BCUT2D eigenvalue weighted by atomic mass is 9.92. The van der Waals surface area contributed by atoms with Crippen molar-refractivity contribution in [1.82, 2.24) is 15.3 Å². The summed E-state index contributed by atoms with van der Waals surface area (Å²) in [5.41, 5.74) is 3.03. The summed E-state index contributed by atoms with van der Waals surface area (Å²) < 4.78 is 12.1. The molecule has 2 aliphatic rings. The van der Waals surface area contributed by atoms with Crippen LogP contribution in [0.1, 0.15) is 26.5 Å². The molecule has 4 rings (SSSR count). The van der Waals surface area contributed by atoms with Crippen LogP contribution in [0.4, 0.5) is 17.3 Å². The number of fused-ring (bicyclic) bond motifs is 1. The van der Waals surface area contributed by atoms with Crippen LogP contribution in [0.25, 0.3) is 0 Å². The van der Waals surface area contributed by atoms with E-state index in [0.717, 1.165) is 17.1 Å². The van der Waals surface area contributed by atoms with E-state index in [2.05, 4.69) is 51.6 Å². The largest absolute Gasteiger partial charge is 0.378 e. The maximum absolute atomic E-state index is 6.07. The maximum atomic E-state index is 6.07. The number of rotatable bonds is 5. The third-order valence-corrected chi connectivity index (χ3v) is 5.97. The molecule has 32 heavy (non-hydrogen) atoms. The first-order chi connectivity index (χ1) is 15.2. The lowest BCUT2D eigenvalue weighted by Gasteiger charge is -2.21. The summed E-state index contributed by atoms with van der Waals surface area (Å²) in [5.74, 6) is 0.602. The van der Waals surface area contributed by atoms with Crippen LogP contribution in [0.3, 0.4) is 0 Å². The molecule has 0 aliphatic carbocycles. The van der Waals surface area contributed by atoms with Gasteiger partial charge < -0.3 is 30.3 Å². The van der Waals surface area contributed by atoms with E-state index in [4.69, 9.17) is 21.7 Å². The van der Waals surface area contributed by atoms with Gasteiger partial charge >= 0.3 is 0 Å². The smallest absolute Gasteiger partial charge is 0.223 e. The fourth-order valence-corrected chi connectivity index (χ4v) is 4.21. The highest BCUT2D eigenvalue weighted by Gasteiger charge is 2.48. The van der Waals surface area contributed by atoms with Gasteiger partial charge in [0.05, 0.1) is 31.0 Å². The molecule has 1 aromatic carbocycles. The summed E-state index contributed by atoms with van der Waals surface area (Å²) in [6.07, 6.45) is 1.61. The fraction of sp³-hybridized carbons (Fsp3) is 0.522. The first-order valence-electron chi connectivity index (χ1n) is 10.9. The van der Waals surface area contributed by atoms with E-state index in [0.29, 0.717) is 24.3 Å². The molecule has 9 heteroatoms. The van der Waals surface area contributed by atoms with Crippen LogP contribution in [-0.4, -0.2) is 66.7 Å². The third-order valence-electron chi connectivity index (χ3n) is 5.75. The van der Waals surface area contributed by atoms with Crippen molar-refractivity contribution < 1.29 is 9.47 Å². The van der Waals surface area contributed by atoms with Gasteiger partial charge in [-0.3, -0.25) is 0 Å². The number of nitrogens with zero attached hydrogens (tertiary/aromatic N) is 3. The van der Waals surface area contributed by atoms with Crippen molar-refractivity contribution in [2.24, 2.45) is 0 Å². The molecule has 2 aromatic rings. The molecule has 0 bridgehead atoms. The lowest BCUT2D eigenvalue weighted by Crippen LogP contribution is -2.46. The summed E-state index contributed by atoms with van der Waals surface area (Å²) >= 11 is 5.52. The molecule has 0 amide bonds. The van der Waals surface area contributed by atoms with Crippen molar-refractivity contribution in [2.45, 2.75) is 50.5 Å². The van der Waals surface area contributed by atoms with Crippen LogP contribution in [0.15, 0.2) is 36.5 Å². The predicted octanol–water partition coefficient (Wildman–Crippen LogP) is 2.77. The van der Waals surface area contributed by atoms with E-state index >= 15 is 0 Å². The first-order valence-corrected chi connectivity index (χ1v) is 11.3. The molecule has 1 aromatic heterocycles. The first kappa shape index (κ1) is 22.7. The predicted molar refractivity (Wildman–Crippen MR) is 132 cm³/mol. The Balaban J connectivity index is 1.32. The minimum atomic E-state index is -0.0887. The second-order valence-electron chi connectivity index (χ2n) is 9.51. The zero-order valence-corrected chi connectivity index (χ0v) is 20.1. The van der Waals surface area contributed by atoms with Gasteiger partial charge in [0.1, 0.15) is 12.2 Å². The Morgan fingerprint density at radius 2 is 1.69 bits per heavy atom. The number of thiocarbonyl (C=S) groups is 1. The number of aromatic nitrogens is 2. The fourth-order valence-electron chi connectivity index (χ4n) is 3.94. The summed E-state index contributed by atoms with van der Waals surface area (Å²) in [7, 11) is 4.03. The second-order valence-corrected chi connectivity index (χ2v) is 9.92. The Hall–Kier alpha value is -2.49. The maximum Gasteiger partial charge on any atom is 0.223 e. The zero-order chi connectivity index (χ0) is 22.9. The quantitative estimate of drug-likeness (QED) is 0.588. The molecule has 0 spiro atoms. The summed E-state index contributed by atoms with van der Waals surface area (Å²) in [4.78, 5) is 11.1. The van der Waals surface area contributed by atoms with E-state index in [-0.39, 0.29) is 29.7 Å². The van der Waals surface area contributed by atoms with Gasteiger partial charge in [-0.05, 0) is 42.5 Å². The van der Waals surface area contributed by atoms with Gasteiger partial charge in [-0.15, -0.1) is 0 Å². The molecule has 2 fully saturated rings. The van der Waals surface area contributed by atoms with E-state index in [1.165, 1.54) is 0 Å². The molecule has 8 nitrogen and oxygen atoms in total.